The minimum Gasteiger partial charge on any atom is -0.393 e. The zero-order valence-corrected chi connectivity index (χ0v) is 9.82. The number of rotatable bonds is 6. The molecule has 5 heteroatoms. The van der Waals surface area contributed by atoms with Crippen LogP contribution >= 0.6 is 0 Å². The van der Waals surface area contributed by atoms with Crippen LogP contribution < -0.4 is 10.6 Å². The number of nitrogens with one attached hydrogen (secondary N) is 2. The summed E-state index contributed by atoms with van der Waals surface area (Å²) in [6.45, 7) is 5.37. The fraction of sp³-hybridized carbons (Fsp3) is 0.900. The molecule has 0 aliphatic rings. The fourth-order valence-corrected chi connectivity index (χ4v) is 1.32. The molecule has 15 heavy (non-hydrogen) atoms. The third-order valence-electron chi connectivity index (χ3n) is 2.13. The minimum absolute atomic E-state index is 0.0774. The summed E-state index contributed by atoms with van der Waals surface area (Å²) in [4.78, 5) is 11.4. The van der Waals surface area contributed by atoms with E-state index >= 15 is 0 Å². The molecule has 0 heterocycles. The van der Waals surface area contributed by atoms with E-state index in [1.807, 2.05) is 13.8 Å². The smallest absolute Gasteiger partial charge is 0.237 e. The van der Waals surface area contributed by atoms with Crippen molar-refractivity contribution >= 4 is 5.91 Å². The van der Waals surface area contributed by atoms with Crippen molar-refractivity contribution in [2.45, 2.75) is 45.6 Å². The van der Waals surface area contributed by atoms with E-state index in [1.54, 1.807) is 14.0 Å². The SMILES string of the molecule is CNC(=O)C(NC(O)CC(C)O)C(C)C. The van der Waals surface area contributed by atoms with Gasteiger partial charge in [0.1, 0.15) is 6.23 Å². The van der Waals surface area contributed by atoms with Gasteiger partial charge < -0.3 is 15.5 Å². The van der Waals surface area contributed by atoms with Crippen LogP contribution in [0.3, 0.4) is 0 Å². The Morgan fingerprint density at radius 1 is 1.27 bits per heavy atom. The Balaban J connectivity index is 4.22. The highest BCUT2D eigenvalue weighted by atomic mass is 16.3. The van der Waals surface area contributed by atoms with Gasteiger partial charge in [0, 0.05) is 13.5 Å². The number of amides is 1. The quantitative estimate of drug-likeness (QED) is 0.450. The first-order chi connectivity index (χ1) is 6.88. The second-order valence-electron chi connectivity index (χ2n) is 4.10. The van der Waals surface area contributed by atoms with Crippen LogP contribution in [0.2, 0.25) is 0 Å². The van der Waals surface area contributed by atoms with Gasteiger partial charge in [0.05, 0.1) is 12.1 Å². The predicted molar refractivity (Wildman–Crippen MR) is 58.1 cm³/mol. The van der Waals surface area contributed by atoms with Crippen LogP contribution in [-0.2, 0) is 4.79 Å². The highest BCUT2D eigenvalue weighted by Gasteiger charge is 2.23. The molecule has 3 unspecified atom stereocenters. The molecule has 0 aromatic heterocycles. The monoisotopic (exact) mass is 218 g/mol. The van der Waals surface area contributed by atoms with E-state index in [1.165, 1.54) is 0 Å². The molecular formula is C10H22N2O3. The van der Waals surface area contributed by atoms with Crippen molar-refractivity contribution in [3.8, 4) is 0 Å². The topological polar surface area (TPSA) is 81.6 Å². The van der Waals surface area contributed by atoms with Gasteiger partial charge in [-0.05, 0) is 12.8 Å². The zero-order chi connectivity index (χ0) is 12.0. The Morgan fingerprint density at radius 2 is 1.80 bits per heavy atom. The highest BCUT2D eigenvalue weighted by Crippen LogP contribution is 2.04. The molecule has 0 saturated heterocycles. The van der Waals surface area contributed by atoms with Gasteiger partial charge in [-0.25, -0.2) is 0 Å². The molecule has 0 radical (unpaired) electrons. The van der Waals surface area contributed by atoms with Crippen LogP contribution in [0.5, 0.6) is 0 Å². The van der Waals surface area contributed by atoms with Crippen LogP contribution in [0, 0.1) is 5.92 Å². The molecule has 0 rings (SSSR count). The summed E-state index contributed by atoms with van der Waals surface area (Å²) < 4.78 is 0. The molecule has 1 amide bonds. The van der Waals surface area contributed by atoms with Gasteiger partial charge in [-0.2, -0.15) is 0 Å². The second-order valence-corrected chi connectivity index (χ2v) is 4.10. The molecule has 0 saturated carbocycles. The third-order valence-corrected chi connectivity index (χ3v) is 2.13. The average molecular weight is 218 g/mol. The summed E-state index contributed by atoms with van der Waals surface area (Å²) in [7, 11) is 1.56. The van der Waals surface area contributed by atoms with Crippen molar-refractivity contribution < 1.29 is 15.0 Å². The Morgan fingerprint density at radius 3 is 2.13 bits per heavy atom. The average Bonchev–Trinajstić information content (AvgIpc) is 2.11. The molecule has 0 fully saturated rings. The maximum absolute atomic E-state index is 11.4. The van der Waals surface area contributed by atoms with E-state index in [9.17, 15) is 9.90 Å². The van der Waals surface area contributed by atoms with Gasteiger partial charge in [-0.3, -0.25) is 10.1 Å². The first kappa shape index (κ1) is 14.3. The normalized spacial score (nSPS) is 17.3. The van der Waals surface area contributed by atoms with E-state index < -0.39 is 18.4 Å². The van der Waals surface area contributed by atoms with Gasteiger partial charge in [-0.15, -0.1) is 0 Å². The van der Waals surface area contributed by atoms with Crippen molar-refractivity contribution in [1.82, 2.24) is 10.6 Å². The van der Waals surface area contributed by atoms with E-state index in [0.29, 0.717) is 0 Å². The Labute approximate surface area is 90.9 Å². The molecule has 0 aliphatic carbocycles. The molecule has 90 valence electrons. The number of aliphatic hydroxyl groups excluding tert-OH is 2. The number of carbonyl (C=O) groups is 1. The molecule has 0 spiro atoms. The zero-order valence-electron chi connectivity index (χ0n) is 9.82. The second kappa shape index (κ2) is 6.76. The molecular weight excluding hydrogens is 196 g/mol. The maximum atomic E-state index is 11.4. The van der Waals surface area contributed by atoms with Crippen LogP contribution in [0.1, 0.15) is 27.2 Å². The highest BCUT2D eigenvalue weighted by molar-refractivity contribution is 5.81. The number of likely N-dealkylation sites (N-methyl/N-ethyl adjacent to an activating group) is 1. The van der Waals surface area contributed by atoms with E-state index in [-0.39, 0.29) is 18.2 Å². The molecule has 3 atom stereocenters. The molecule has 0 aromatic rings. The van der Waals surface area contributed by atoms with Crippen molar-refractivity contribution in [3.63, 3.8) is 0 Å². The number of hydrogen-bond acceptors (Lipinski definition) is 4. The van der Waals surface area contributed by atoms with Crippen LogP contribution in [0.25, 0.3) is 0 Å². The van der Waals surface area contributed by atoms with Crippen molar-refractivity contribution in [2.24, 2.45) is 5.92 Å². The minimum atomic E-state index is -0.866. The summed E-state index contributed by atoms with van der Waals surface area (Å²) in [6, 6.07) is -0.441. The van der Waals surface area contributed by atoms with Crippen LogP contribution in [0.15, 0.2) is 0 Å². The molecule has 4 N–H and O–H groups in total. The van der Waals surface area contributed by atoms with Crippen LogP contribution in [0.4, 0.5) is 0 Å². The van der Waals surface area contributed by atoms with Gasteiger partial charge in [0.15, 0.2) is 0 Å². The number of hydrogen-bond donors (Lipinski definition) is 4. The van der Waals surface area contributed by atoms with Gasteiger partial charge in [0.2, 0.25) is 5.91 Å². The lowest BCUT2D eigenvalue weighted by molar-refractivity contribution is -0.125. The lowest BCUT2D eigenvalue weighted by Crippen LogP contribution is -2.51. The lowest BCUT2D eigenvalue weighted by Gasteiger charge is -2.24. The Bertz CT molecular complexity index is 195. The summed E-state index contributed by atoms with van der Waals surface area (Å²) in [6.07, 6.45) is -1.25. The maximum Gasteiger partial charge on any atom is 0.237 e. The van der Waals surface area contributed by atoms with Crippen molar-refractivity contribution in [1.29, 1.82) is 0 Å². The number of aliphatic hydroxyl groups is 2. The molecule has 0 aromatic carbocycles. The van der Waals surface area contributed by atoms with Crippen molar-refractivity contribution in [2.75, 3.05) is 7.05 Å². The molecule has 0 aliphatic heterocycles. The summed E-state index contributed by atoms with van der Waals surface area (Å²) >= 11 is 0. The molecule has 5 nitrogen and oxygen atoms in total. The number of carbonyl (C=O) groups excluding carboxylic acids is 1. The summed E-state index contributed by atoms with van der Waals surface area (Å²) in [5.41, 5.74) is 0. The van der Waals surface area contributed by atoms with Crippen molar-refractivity contribution in [3.05, 3.63) is 0 Å². The Hall–Kier alpha value is -0.650. The first-order valence-corrected chi connectivity index (χ1v) is 5.22. The first-order valence-electron chi connectivity index (χ1n) is 5.22. The largest absolute Gasteiger partial charge is 0.393 e. The molecule has 0 bridgehead atoms. The third kappa shape index (κ3) is 5.71. The summed E-state index contributed by atoms with van der Waals surface area (Å²) in [5, 5.41) is 23.9. The van der Waals surface area contributed by atoms with Gasteiger partial charge in [-0.1, -0.05) is 13.8 Å². The van der Waals surface area contributed by atoms with E-state index in [4.69, 9.17) is 5.11 Å². The summed E-state index contributed by atoms with van der Waals surface area (Å²) in [5.74, 6) is -0.0803. The van der Waals surface area contributed by atoms with Crippen LogP contribution in [-0.4, -0.2) is 41.5 Å². The van der Waals surface area contributed by atoms with E-state index in [0.717, 1.165) is 0 Å². The standard InChI is InChI=1S/C10H22N2O3/c1-6(2)9(10(15)11-4)12-8(14)5-7(3)13/h6-9,12-14H,5H2,1-4H3,(H,11,15). The lowest BCUT2D eigenvalue weighted by atomic mass is 10.0. The Kier molecular flexibility index (Phi) is 6.47. The predicted octanol–water partition coefficient (Wildman–Crippen LogP) is -0.564. The van der Waals surface area contributed by atoms with Gasteiger partial charge >= 0.3 is 0 Å². The fourth-order valence-electron chi connectivity index (χ4n) is 1.32. The van der Waals surface area contributed by atoms with Gasteiger partial charge in [0.25, 0.3) is 0 Å². The van der Waals surface area contributed by atoms with E-state index in [2.05, 4.69) is 10.6 Å².